The van der Waals surface area contributed by atoms with Crippen molar-refractivity contribution in [2.45, 2.75) is 25.9 Å². The molecule has 0 amide bonds. The highest BCUT2D eigenvalue weighted by atomic mass is 32.2. The molecule has 14 heavy (non-hydrogen) atoms. The molecule has 82 valence electrons. The SMILES string of the molecule is CCC(C(=O)OC)C(O)C1CCSC1. The van der Waals surface area contributed by atoms with Crippen LogP contribution in [0.25, 0.3) is 0 Å². The first-order valence-corrected chi connectivity index (χ1v) is 6.19. The van der Waals surface area contributed by atoms with Crippen LogP contribution in [0.5, 0.6) is 0 Å². The Balaban J connectivity index is 2.54. The number of ether oxygens (including phenoxy) is 1. The molecule has 1 aliphatic rings. The summed E-state index contributed by atoms with van der Waals surface area (Å²) in [6.07, 6.45) is 1.14. The molecule has 3 unspecified atom stereocenters. The average molecular weight is 218 g/mol. The molecular formula is C10H18O3S. The van der Waals surface area contributed by atoms with E-state index in [1.807, 2.05) is 18.7 Å². The van der Waals surface area contributed by atoms with Crippen molar-refractivity contribution in [2.75, 3.05) is 18.6 Å². The number of rotatable bonds is 4. The molecule has 0 aromatic heterocycles. The zero-order valence-corrected chi connectivity index (χ0v) is 9.55. The first-order valence-electron chi connectivity index (χ1n) is 5.04. The molecule has 1 N–H and O–H groups in total. The molecule has 1 heterocycles. The molecule has 0 aliphatic carbocycles. The van der Waals surface area contributed by atoms with Gasteiger partial charge in [-0.1, -0.05) is 6.92 Å². The van der Waals surface area contributed by atoms with E-state index in [0.29, 0.717) is 6.42 Å². The number of esters is 1. The first-order chi connectivity index (χ1) is 6.70. The number of aliphatic hydroxyl groups is 1. The predicted octanol–water partition coefficient (Wildman–Crippen LogP) is 1.30. The zero-order chi connectivity index (χ0) is 10.6. The van der Waals surface area contributed by atoms with Gasteiger partial charge in [-0.2, -0.15) is 11.8 Å². The van der Waals surface area contributed by atoms with Gasteiger partial charge in [-0.15, -0.1) is 0 Å². The minimum absolute atomic E-state index is 0.268. The topological polar surface area (TPSA) is 46.5 Å². The van der Waals surface area contributed by atoms with Crippen molar-refractivity contribution < 1.29 is 14.6 Å². The van der Waals surface area contributed by atoms with Crippen LogP contribution < -0.4 is 0 Å². The maximum atomic E-state index is 11.4. The highest BCUT2D eigenvalue weighted by molar-refractivity contribution is 7.99. The van der Waals surface area contributed by atoms with Gasteiger partial charge in [0.1, 0.15) is 0 Å². The predicted molar refractivity (Wildman–Crippen MR) is 57.2 cm³/mol. The molecule has 0 saturated carbocycles. The van der Waals surface area contributed by atoms with E-state index in [-0.39, 0.29) is 17.8 Å². The van der Waals surface area contributed by atoms with Crippen molar-refractivity contribution in [1.29, 1.82) is 0 Å². The third-order valence-corrected chi connectivity index (χ3v) is 3.99. The highest BCUT2D eigenvalue weighted by Gasteiger charge is 2.33. The van der Waals surface area contributed by atoms with E-state index in [0.717, 1.165) is 17.9 Å². The maximum Gasteiger partial charge on any atom is 0.311 e. The fourth-order valence-electron chi connectivity index (χ4n) is 1.85. The average Bonchev–Trinajstić information content (AvgIpc) is 2.71. The smallest absolute Gasteiger partial charge is 0.311 e. The second-order valence-corrected chi connectivity index (χ2v) is 4.80. The number of hydrogen-bond acceptors (Lipinski definition) is 4. The molecule has 0 radical (unpaired) electrons. The van der Waals surface area contributed by atoms with Crippen molar-refractivity contribution in [3.05, 3.63) is 0 Å². The van der Waals surface area contributed by atoms with Crippen molar-refractivity contribution >= 4 is 17.7 Å². The fourth-order valence-corrected chi connectivity index (χ4v) is 3.15. The van der Waals surface area contributed by atoms with Crippen LogP contribution >= 0.6 is 11.8 Å². The van der Waals surface area contributed by atoms with E-state index in [4.69, 9.17) is 0 Å². The summed E-state index contributed by atoms with van der Waals surface area (Å²) in [6, 6.07) is 0. The molecule has 0 spiro atoms. The molecule has 4 heteroatoms. The number of thioether (sulfide) groups is 1. The van der Waals surface area contributed by atoms with Crippen molar-refractivity contribution in [2.24, 2.45) is 11.8 Å². The summed E-state index contributed by atoms with van der Waals surface area (Å²) in [6.45, 7) is 1.91. The monoisotopic (exact) mass is 218 g/mol. The maximum absolute atomic E-state index is 11.4. The Morgan fingerprint density at radius 2 is 2.43 bits per heavy atom. The van der Waals surface area contributed by atoms with Gasteiger partial charge in [0.25, 0.3) is 0 Å². The quantitative estimate of drug-likeness (QED) is 0.722. The third-order valence-electron chi connectivity index (χ3n) is 2.80. The van der Waals surface area contributed by atoms with Crippen LogP contribution in [-0.2, 0) is 9.53 Å². The van der Waals surface area contributed by atoms with Gasteiger partial charge in [-0.25, -0.2) is 0 Å². The van der Waals surface area contributed by atoms with Gasteiger partial charge in [-0.05, 0) is 30.3 Å². The number of hydrogen-bond donors (Lipinski definition) is 1. The van der Waals surface area contributed by atoms with Crippen LogP contribution in [0.15, 0.2) is 0 Å². The molecule has 0 aromatic rings. The minimum Gasteiger partial charge on any atom is -0.469 e. The Hall–Kier alpha value is -0.220. The Bertz CT molecular complexity index is 190. The van der Waals surface area contributed by atoms with Crippen LogP contribution in [0.2, 0.25) is 0 Å². The molecule has 0 aromatic carbocycles. The number of aliphatic hydroxyl groups excluding tert-OH is 1. The van der Waals surface area contributed by atoms with E-state index in [9.17, 15) is 9.90 Å². The Morgan fingerprint density at radius 3 is 2.86 bits per heavy atom. The number of carbonyl (C=O) groups excluding carboxylic acids is 1. The van der Waals surface area contributed by atoms with Crippen LogP contribution in [0.3, 0.4) is 0 Å². The van der Waals surface area contributed by atoms with Gasteiger partial charge in [0.05, 0.1) is 19.1 Å². The highest BCUT2D eigenvalue weighted by Crippen LogP contribution is 2.30. The van der Waals surface area contributed by atoms with Gasteiger partial charge >= 0.3 is 5.97 Å². The summed E-state index contributed by atoms with van der Waals surface area (Å²) in [4.78, 5) is 11.4. The van der Waals surface area contributed by atoms with Gasteiger partial charge in [0.2, 0.25) is 0 Å². The van der Waals surface area contributed by atoms with E-state index >= 15 is 0 Å². The Morgan fingerprint density at radius 1 is 1.71 bits per heavy atom. The summed E-state index contributed by atoms with van der Waals surface area (Å²) in [7, 11) is 1.38. The van der Waals surface area contributed by atoms with E-state index in [1.54, 1.807) is 0 Å². The van der Waals surface area contributed by atoms with Gasteiger partial charge in [0.15, 0.2) is 0 Å². The van der Waals surface area contributed by atoms with Crippen LogP contribution in [0, 0.1) is 11.8 Å². The molecule has 1 saturated heterocycles. The molecule has 1 aliphatic heterocycles. The molecule has 1 rings (SSSR count). The Kier molecular flexibility index (Phi) is 4.75. The largest absolute Gasteiger partial charge is 0.469 e. The lowest BCUT2D eigenvalue weighted by molar-refractivity contribution is -0.150. The van der Waals surface area contributed by atoms with Gasteiger partial charge < -0.3 is 9.84 Å². The summed E-state index contributed by atoms with van der Waals surface area (Å²) < 4.78 is 4.68. The second kappa shape index (κ2) is 5.61. The standard InChI is InChI=1S/C10H18O3S/c1-3-8(10(12)13-2)9(11)7-4-5-14-6-7/h7-9,11H,3-6H2,1-2H3. The molecular weight excluding hydrogens is 200 g/mol. The van der Waals surface area contributed by atoms with Crippen molar-refractivity contribution in [3.63, 3.8) is 0 Å². The third kappa shape index (κ3) is 2.64. The first kappa shape index (κ1) is 11.9. The fraction of sp³-hybridized carbons (Fsp3) is 0.900. The molecule has 3 nitrogen and oxygen atoms in total. The van der Waals surface area contributed by atoms with Crippen LogP contribution in [-0.4, -0.2) is 35.8 Å². The van der Waals surface area contributed by atoms with Gasteiger partial charge in [0, 0.05) is 0 Å². The minimum atomic E-state index is -0.526. The van der Waals surface area contributed by atoms with Crippen molar-refractivity contribution in [3.8, 4) is 0 Å². The summed E-state index contributed by atoms with van der Waals surface area (Å²) in [5, 5.41) is 10.00. The molecule has 3 atom stereocenters. The van der Waals surface area contributed by atoms with E-state index in [2.05, 4.69) is 4.74 Å². The second-order valence-electron chi connectivity index (χ2n) is 3.65. The summed E-state index contributed by atoms with van der Waals surface area (Å²) >= 11 is 1.85. The van der Waals surface area contributed by atoms with E-state index < -0.39 is 6.10 Å². The van der Waals surface area contributed by atoms with Crippen LogP contribution in [0.1, 0.15) is 19.8 Å². The summed E-state index contributed by atoms with van der Waals surface area (Å²) in [5.41, 5.74) is 0. The lowest BCUT2D eigenvalue weighted by Gasteiger charge is -2.23. The molecule has 1 fully saturated rings. The lowest BCUT2D eigenvalue weighted by atomic mass is 9.89. The Labute approximate surface area is 89.2 Å². The van der Waals surface area contributed by atoms with Crippen LogP contribution in [0.4, 0.5) is 0 Å². The van der Waals surface area contributed by atoms with E-state index in [1.165, 1.54) is 7.11 Å². The lowest BCUT2D eigenvalue weighted by Crippen LogP contribution is -2.34. The van der Waals surface area contributed by atoms with Gasteiger partial charge in [-0.3, -0.25) is 4.79 Å². The number of carbonyl (C=O) groups is 1. The normalized spacial score (nSPS) is 25.8. The summed E-state index contributed by atoms with van der Waals surface area (Å²) in [5.74, 6) is 1.71. The van der Waals surface area contributed by atoms with Crippen molar-refractivity contribution in [1.82, 2.24) is 0 Å². The zero-order valence-electron chi connectivity index (χ0n) is 8.73. The molecule has 0 bridgehead atoms. The number of methoxy groups -OCH3 is 1.